The summed E-state index contributed by atoms with van der Waals surface area (Å²) in [5.41, 5.74) is 9.74. The second-order valence-corrected chi connectivity index (χ2v) is 12.5. The molecular formula is C64H82. The summed E-state index contributed by atoms with van der Waals surface area (Å²) in [5, 5.41) is 7.97. The van der Waals surface area contributed by atoms with Crippen molar-refractivity contribution in [3.05, 3.63) is 229 Å². The number of hydrogen-bond acceptors (Lipinski definition) is 0. The first-order chi connectivity index (χ1) is 31.8. The lowest BCUT2D eigenvalue weighted by Crippen LogP contribution is -1.88. The molecule has 0 nitrogen and oxygen atoms in total. The topological polar surface area (TPSA) is 0 Å². The van der Waals surface area contributed by atoms with E-state index in [0.29, 0.717) is 0 Å². The Bertz CT molecular complexity index is 2260. The van der Waals surface area contributed by atoms with Gasteiger partial charge in [-0.25, -0.2) is 0 Å². The molecule has 0 unspecified atom stereocenters. The first-order valence-corrected chi connectivity index (χ1v) is 24.3. The average Bonchev–Trinajstić information content (AvgIpc) is 3.81. The molecule has 0 heterocycles. The molecule has 9 aromatic carbocycles. The van der Waals surface area contributed by atoms with Crippen molar-refractivity contribution in [3.63, 3.8) is 0 Å². The van der Waals surface area contributed by atoms with Crippen LogP contribution in [0.1, 0.15) is 114 Å². The second kappa shape index (κ2) is 37.3. The SMILES string of the molecule is CC.CC.CC.CC.CC.CC.CC.Cc1c2ccccc2c(-c2ccccc2)c2ccccc12.c1ccc2c(c1)Cc1ccccc1-2.c1ccc2ccccc2c1.c1ccccc1. The van der Waals surface area contributed by atoms with Crippen LogP contribution in [0, 0.1) is 6.92 Å². The van der Waals surface area contributed by atoms with E-state index in [0.717, 1.165) is 6.42 Å². The summed E-state index contributed by atoms with van der Waals surface area (Å²) in [6.45, 7) is 30.2. The van der Waals surface area contributed by atoms with E-state index in [9.17, 15) is 0 Å². The van der Waals surface area contributed by atoms with Gasteiger partial charge in [0, 0.05) is 0 Å². The van der Waals surface area contributed by atoms with Crippen molar-refractivity contribution in [2.45, 2.75) is 110 Å². The van der Waals surface area contributed by atoms with Gasteiger partial charge in [-0.05, 0) is 84.6 Å². The molecule has 1 aliphatic rings. The van der Waals surface area contributed by atoms with Crippen LogP contribution in [0.25, 0.3) is 54.6 Å². The first kappa shape index (κ1) is 57.8. The van der Waals surface area contributed by atoms with Crippen LogP contribution >= 0.6 is 0 Å². The lowest BCUT2D eigenvalue weighted by atomic mass is 9.89. The zero-order valence-electron chi connectivity index (χ0n) is 42.4. The average molecular weight is 851 g/mol. The van der Waals surface area contributed by atoms with Crippen LogP contribution in [-0.2, 0) is 6.42 Å². The van der Waals surface area contributed by atoms with E-state index in [2.05, 4.69) is 183 Å². The first-order valence-electron chi connectivity index (χ1n) is 24.3. The van der Waals surface area contributed by atoms with Crippen LogP contribution in [0.15, 0.2) is 212 Å². The summed E-state index contributed by atoms with van der Waals surface area (Å²) < 4.78 is 0. The number of rotatable bonds is 1. The standard InChI is InChI=1S/C21H16.C13H10.C10H8.C6H6.7C2H6/c1-15-17-11-5-7-13-19(17)21(16-9-3-2-4-10-16)20-14-8-6-12-18(15)20;1-3-7-12-10(5-1)9-11-6-2-4-8-13(11)12;1-2-6-10-8-4-3-7-9(10)5-1;1-2-4-6-5-3-1;7*1-2/h2-14H,1H3;1-8H,9H2;1-8H;1-6H;7*1-2H3. The Kier molecular flexibility index (Phi) is 33.7. The molecule has 0 amide bonds. The maximum Gasteiger partial charge on any atom is -0.00135 e. The van der Waals surface area contributed by atoms with Gasteiger partial charge < -0.3 is 0 Å². The van der Waals surface area contributed by atoms with Crippen molar-refractivity contribution in [1.82, 2.24) is 0 Å². The quantitative estimate of drug-likeness (QED) is 0.144. The molecule has 0 heteroatoms. The highest BCUT2D eigenvalue weighted by molar-refractivity contribution is 6.14. The summed E-state index contributed by atoms with van der Waals surface area (Å²) in [4.78, 5) is 0. The summed E-state index contributed by atoms with van der Waals surface area (Å²) in [5.74, 6) is 0. The van der Waals surface area contributed by atoms with Gasteiger partial charge in [-0.3, -0.25) is 0 Å². The van der Waals surface area contributed by atoms with Gasteiger partial charge in [-0.2, -0.15) is 0 Å². The molecule has 0 bridgehead atoms. The van der Waals surface area contributed by atoms with E-state index in [1.165, 1.54) is 71.3 Å². The molecule has 0 radical (unpaired) electrons. The number of fused-ring (bicyclic) bond motifs is 6. The highest BCUT2D eigenvalue weighted by Crippen LogP contribution is 2.39. The van der Waals surface area contributed by atoms with E-state index < -0.39 is 0 Å². The van der Waals surface area contributed by atoms with E-state index in [-0.39, 0.29) is 0 Å². The van der Waals surface area contributed by atoms with Gasteiger partial charge in [0.15, 0.2) is 0 Å². The van der Waals surface area contributed by atoms with Crippen LogP contribution in [-0.4, -0.2) is 0 Å². The highest BCUT2D eigenvalue weighted by Gasteiger charge is 2.16. The third kappa shape index (κ3) is 17.5. The second-order valence-electron chi connectivity index (χ2n) is 12.5. The van der Waals surface area contributed by atoms with Crippen molar-refractivity contribution < 1.29 is 0 Å². The van der Waals surface area contributed by atoms with Crippen molar-refractivity contribution in [3.8, 4) is 22.3 Å². The molecule has 0 aliphatic heterocycles. The maximum atomic E-state index is 2.23. The van der Waals surface area contributed by atoms with Gasteiger partial charge in [0.25, 0.3) is 0 Å². The number of hydrogen-bond donors (Lipinski definition) is 0. The smallest absolute Gasteiger partial charge is 0.00135 e. The molecule has 9 aromatic rings. The molecule has 0 fully saturated rings. The van der Waals surface area contributed by atoms with Crippen LogP contribution in [0.2, 0.25) is 0 Å². The van der Waals surface area contributed by atoms with Gasteiger partial charge in [0.1, 0.15) is 0 Å². The van der Waals surface area contributed by atoms with Crippen LogP contribution < -0.4 is 0 Å². The molecule has 338 valence electrons. The third-order valence-corrected chi connectivity index (χ3v) is 9.29. The van der Waals surface area contributed by atoms with Gasteiger partial charge in [0.2, 0.25) is 0 Å². The van der Waals surface area contributed by atoms with Gasteiger partial charge >= 0.3 is 0 Å². The molecule has 0 saturated carbocycles. The lowest BCUT2D eigenvalue weighted by Gasteiger charge is -2.15. The number of benzene rings is 9. The molecule has 0 spiro atoms. The molecule has 0 aromatic heterocycles. The summed E-state index contributed by atoms with van der Waals surface area (Å²) in [6.07, 6.45) is 1.10. The van der Waals surface area contributed by atoms with Crippen molar-refractivity contribution >= 4 is 32.3 Å². The molecule has 0 N–H and O–H groups in total. The zero-order chi connectivity index (χ0) is 48.0. The monoisotopic (exact) mass is 851 g/mol. The molecular weight excluding hydrogens is 769 g/mol. The fraction of sp³-hybridized carbons (Fsp3) is 0.250. The van der Waals surface area contributed by atoms with Crippen LogP contribution in [0.5, 0.6) is 0 Å². The van der Waals surface area contributed by atoms with E-state index >= 15 is 0 Å². The largest absolute Gasteiger partial charge is 0.0683 e. The molecule has 1 aliphatic carbocycles. The Hall–Kier alpha value is -6.24. The Morgan fingerprint density at radius 1 is 0.250 bits per heavy atom. The highest BCUT2D eigenvalue weighted by atomic mass is 14.2. The Labute approximate surface area is 392 Å². The van der Waals surface area contributed by atoms with Crippen molar-refractivity contribution in [1.29, 1.82) is 0 Å². The molecule has 0 atom stereocenters. The Morgan fingerprint density at radius 3 is 0.844 bits per heavy atom. The fourth-order valence-electron chi connectivity index (χ4n) is 6.86. The van der Waals surface area contributed by atoms with Crippen LogP contribution in [0.4, 0.5) is 0 Å². The predicted octanol–water partition coefficient (Wildman–Crippen LogP) is 20.9. The Morgan fingerprint density at radius 2 is 0.500 bits per heavy atom. The van der Waals surface area contributed by atoms with Gasteiger partial charge in [-0.15, -0.1) is 0 Å². The van der Waals surface area contributed by atoms with Gasteiger partial charge in [-0.1, -0.05) is 309 Å². The van der Waals surface area contributed by atoms with Crippen LogP contribution in [0.3, 0.4) is 0 Å². The van der Waals surface area contributed by atoms with Gasteiger partial charge in [0.05, 0.1) is 0 Å². The molecule has 10 rings (SSSR count). The maximum absolute atomic E-state index is 2.23. The summed E-state index contributed by atoms with van der Waals surface area (Å²) in [6, 6.07) is 74.1. The minimum absolute atomic E-state index is 1.10. The van der Waals surface area contributed by atoms with E-state index in [1.807, 2.05) is 133 Å². The van der Waals surface area contributed by atoms with Crippen molar-refractivity contribution in [2.24, 2.45) is 0 Å². The predicted molar refractivity (Wildman–Crippen MR) is 296 cm³/mol. The molecule has 64 heavy (non-hydrogen) atoms. The third-order valence-electron chi connectivity index (χ3n) is 9.29. The number of aryl methyl sites for hydroxylation is 1. The van der Waals surface area contributed by atoms with E-state index in [1.54, 1.807) is 0 Å². The van der Waals surface area contributed by atoms with E-state index in [4.69, 9.17) is 0 Å². The minimum Gasteiger partial charge on any atom is -0.0683 e. The summed E-state index contributed by atoms with van der Waals surface area (Å²) in [7, 11) is 0. The Balaban J connectivity index is 0.000000802. The zero-order valence-corrected chi connectivity index (χ0v) is 42.4. The van der Waals surface area contributed by atoms with Crippen molar-refractivity contribution in [2.75, 3.05) is 0 Å². The fourth-order valence-corrected chi connectivity index (χ4v) is 6.86. The lowest BCUT2D eigenvalue weighted by molar-refractivity contribution is 1.26. The normalized spacial score (nSPS) is 9.11. The molecule has 0 saturated heterocycles. The minimum atomic E-state index is 1.10. The summed E-state index contributed by atoms with van der Waals surface area (Å²) >= 11 is 0.